The topological polar surface area (TPSA) is 81.7 Å². The first kappa shape index (κ1) is 12.0. The third-order valence-corrected chi connectivity index (χ3v) is 3.43. The van der Waals surface area contributed by atoms with Crippen LogP contribution in [-0.4, -0.2) is 28.6 Å². The lowest BCUT2D eigenvalue weighted by Crippen LogP contribution is -2.26. The maximum Gasteiger partial charge on any atom is 0.410 e. The number of aromatic nitrogens is 2. The van der Waals surface area contributed by atoms with Crippen LogP contribution in [0.5, 0.6) is 5.75 Å². The molecule has 6 nitrogen and oxygen atoms in total. The molecule has 0 bridgehead atoms. The molecule has 0 spiro atoms. The number of amides is 1. The minimum Gasteiger partial charge on any atom is -0.406 e. The molecule has 100 valence electrons. The molecule has 2 aromatic rings. The van der Waals surface area contributed by atoms with Crippen LogP contribution < -0.4 is 15.8 Å². The number of nitrogens with zero attached hydrogens (tertiary/aromatic N) is 2. The fourth-order valence-corrected chi connectivity index (χ4v) is 2.51. The first-order valence-electron chi connectivity index (χ1n) is 6.39. The summed E-state index contributed by atoms with van der Waals surface area (Å²) in [6.07, 6.45) is 5.23. The van der Waals surface area contributed by atoms with Gasteiger partial charge in [-0.2, -0.15) is 0 Å². The molecule has 1 fully saturated rings. The Morgan fingerprint density at radius 1 is 1.47 bits per heavy atom. The van der Waals surface area contributed by atoms with Gasteiger partial charge in [0.15, 0.2) is 11.4 Å². The number of ether oxygens (including phenoxy) is 1. The van der Waals surface area contributed by atoms with E-state index >= 15 is 0 Å². The van der Waals surface area contributed by atoms with Crippen molar-refractivity contribution in [2.24, 2.45) is 5.73 Å². The van der Waals surface area contributed by atoms with Gasteiger partial charge in [0, 0.05) is 18.3 Å². The van der Waals surface area contributed by atoms with Gasteiger partial charge >= 0.3 is 6.09 Å². The van der Waals surface area contributed by atoms with E-state index < -0.39 is 6.09 Å². The van der Waals surface area contributed by atoms with Crippen LogP contribution in [-0.2, 0) is 0 Å². The van der Waals surface area contributed by atoms with Crippen LogP contribution in [0.15, 0.2) is 24.5 Å². The van der Waals surface area contributed by atoms with Crippen molar-refractivity contribution in [2.75, 3.05) is 13.1 Å². The average Bonchev–Trinajstić information content (AvgIpc) is 2.84. The Labute approximate surface area is 110 Å². The van der Waals surface area contributed by atoms with E-state index in [1.165, 1.54) is 0 Å². The van der Waals surface area contributed by atoms with E-state index in [1.54, 1.807) is 12.1 Å². The summed E-state index contributed by atoms with van der Waals surface area (Å²) < 4.78 is 6.84. The van der Waals surface area contributed by atoms with E-state index in [2.05, 4.69) is 10.3 Å². The molecule has 0 unspecified atom stereocenters. The number of imidazole rings is 1. The first-order valence-corrected chi connectivity index (χ1v) is 6.39. The van der Waals surface area contributed by atoms with Crippen molar-refractivity contribution in [2.45, 2.75) is 18.8 Å². The summed E-state index contributed by atoms with van der Waals surface area (Å²) in [5.74, 6) is 0.859. The van der Waals surface area contributed by atoms with E-state index in [0.717, 1.165) is 31.6 Å². The number of nitrogens with two attached hydrogens (primary N) is 1. The van der Waals surface area contributed by atoms with Crippen LogP contribution >= 0.6 is 0 Å². The van der Waals surface area contributed by atoms with Crippen molar-refractivity contribution in [3.63, 3.8) is 0 Å². The van der Waals surface area contributed by atoms with Gasteiger partial charge in [0.2, 0.25) is 0 Å². The zero-order chi connectivity index (χ0) is 13.2. The number of carbonyl (C=O) groups is 1. The van der Waals surface area contributed by atoms with Gasteiger partial charge in [0.05, 0.1) is 5.69 Å². The molecule has 1 aliphatic heterocycles. The Balaban J connectivity index is 1.97. The van der Waals surface area contributed by atoms with Gasteiger partial charge in [0.25, 0.3) is 0 Å². The number of fused-ring (bicyclic) bond motifs is 1. The standard InChI is InChI=1S/C13H16N4O2/c14-13(18)19-11-2-1-7-17-8-10(16-12(11)17)9-3-5-15-6-4-9/h1-2,7-9,15H,3-6H2,(H2,14,18). The number of carbonyl (C=O) groups excluding carboxylic acids is 1. The quantitative estimate of drug-likeness (QED) is 0.851. The Kier molecular flexibility index (Phi) is 3.08. The lowest BCUT2D eigenvalue weighted by molar-refractivity contribution is 0.211. The normalized spacial score (nSPS) is 16.6. The molecule has 1 saturated heterocycles. The molecule has 0 radical (unpaired) electrons. The van der Waals surface area contributed by atoms with Crippen molar-refractivity contribution >= 4 is 11.7 Å². The lowest BCUT2D eigenvalue weighted by Gasteiger charge is -2.20. The van der Waals surface area contributed by atoms with Crippen molar-refractivity contribution in [1.29, 1.82) is 0 Å². The molecule has 3 heterocycles. The van der Waals surface area contributed by atoms with Crippen molar-refractivity contribution in [3.8, 4) is 5.75 Å². The van der Waals surface area contributed by atoms with Gasteiger partial charge in [-0.3, -0.25) is 0 Å². The van der Waals surface area contributed by atoms with Gasteiger partial charge in [-0.05, 0) is 38.1 Å². The molecule has 1 amide bonds. The molecule has 0 aliphatic carbocycles. The van der Waals surface area contributed by atoms with Crippen LogP contribution in [0.25, 0.3) is 5.65 Å². The van der Waals surface area contributed by atoms with Gasteiger partial charge in [0.1, 0.15) is 0 Å². The molecule has 3 rings (SSSR count). The second-order valence-corrected chi connectivity index (χ2v) is 4.71. The van der Waals surface area contributed by atoms with Crippen molar-refractivity contribution in [3.05, 3.63) is 30.2 Å². The van der Waals surface area contributed by atoms with E-state index in [4.69, 9.17) is 10.5 Å². The van der Waals surface area contributed by atoms with E-state index in [0.29, 0.717) is 17.3 Å². The number of hydrogen-bond donors (Lipinski definition) is 2. The summed E-state index contributed by atoms with van der Waals surface area (Å²) in [5.41, 5.74) is 6.74. The predicted molar refractivity (Wildman–Crippen MR) is 70.2 cm³/mol. The van der Waals surface area contributed by atoms with Crippen LogP contribution in [0.1, 0.15) is 24.5 Å². The van der Waals surface area contributed by atoms with Gasteiger partial charge < -0.3 is 20.2 Å². The smallest absolute Gasteiger partial charge is 0.406 e. The predicted octanol–water partition coefficient (Wildman–Crippen LogP) is 1.26. The maximum atomic E-state index is 10.9. The Bertz CT molecular complexity index is 602. The molecule has 6 heteroatoms. The third-order valence-electron chi connectivity index (χ3n) is 3.43. The number of piperidine rings is 1. The first-order chi connectivity index (χ1) is 9.24. The lowest BCUT2D eigenvalue weighted by atomic mass is 9.95. The summed E-state index contributed by atoms with van der Waals surface area (Å²) in [7, 11) is 0. The molecular weight excluding hydrogens is 244 g/mol. The summed E-state index contributed by atoms with van der Waals surface area (Å²) in [5, 5.41) is 3.34. The molecule has 2 aromatic heterocycles. The molecule has 1 aliphatic rings. The Morgan fingerprint density at radius 2 is 2.26 bits per heavy atom. The molecule has 0 saturated carbocycles. The number of primary amides is 1. The summed E-state index contributed by atoms with van der Waals surface area (Å²) in [6, 6.07) is 3.50. The molecule has 0 aromatic carbocycles. The van der Waals surface area contributed by atoms with E-state index in [1.807, 2.05) is 16.8 Å². The highest BCUT2D eigenvalue weighted by Gasteiger charge is 2.19. The number of pyridine rings is 1. The second-order valence-electron chi connectivity index (χ2n) is 4.71. The van der Waals surface area contributed by atoms with Crippen LogP contribution in [0.2, 0.25) is 0 Å². The Morgan fingerprint density at radius 3 is 3.00 bits per heavy atom. The minimum absolute atomic E-state index is 0.398. The fraction of sp³-hybridized carbons (Fsp3) is 0.385. The van der Waals surface area contributed by atoms with Gasteiger partial charge in [-0.15, -0.1) is 0 Å². The summed E-state index contributed by atoms with van der Waals surface area (Å²) >= 11 is 0. The Hall–Kier alpha value is -2.08. The van der Waals surface area contributed by atoms with Gasteiger partial charge in [-0.1, -0.05) is 0 Å². The molecular formula is C13H16N4O2. The molecule has 19 heavy (non-hydrogen) atoms. The SMILES string of the molecule is NC(=O)Oc1cccn2cc(C3CCNCC3)nc12. The largest absolute Gasteiger partial charge is 0.410 e. The van der Waals surface area contributed by atoms with Gasteiger partial charge in [-0.25, -0.2) is 9.78 Å². The maximum absolute atomic E-state index is 10.9. The van der Waals surface area contributed by atoms with Crippen molar-refractivity contribution < 1.29 is 9.53 Å². The molecule has 3 N–H and O–H groups in total. The fourth-order valence-electron chi connectivity index (χ4n) is 2.51. The highest BCUT2D eigenvalue weighted by atomic mass is 16.5. The van der Waals surface area contributed by atoms with E-state index in [-0.39, 0.29) is 0 Å². The zero-order valence-corrected chi connectivity index (χ0v) is 10.5. The summed E-state index contributed by atoms with van der Waals surface area (Å²) in [6.45, 7) is 2.03. The monoisotopic (exact) mass is 260 g/mol. The number of rotatable bonds is 2. The summed E-state index contributed by atoms with van der Waals surface area (Å²) in [4.78, 5) is 15.5. The van der Waals surface area contributed by atoms with E-state index in [9.17, 15) is 4.79 Å². The van der Waals surface area contributed by atoms with Crippen molar-refractivity contribution in [1.82, 2.24) is 14.7 Å². The third kappa shape index (κ3) is 2.39. The van der Waals surface area contributed by atoms with Crippen LogP contribution in [0, 0.1) is 0 Å². The number of nitrogens with one attached hydrogen (secondary N) is 1. The highest BCUT2D eigenvalue weighted by molar-refractivity contribution is 5.71. The minimum atomic E-state index is -0.820. The average molecular weight is 260 g/mol. The number of hydrogen-bond acceptors (Lipinski definition) is 4. The van der Waals surface area contributed by atoms with Crippen LogP contribution in [0.4, 0.5) is 4.79 Å². The van der Waals surface area contributed by atoms with Crippen LogP contribution in [0.3, 0.4) is 0 Å². The zero-order valence-electron chi connectivity index (χ0n) is 10.5. The highest BCUT2D eigenvalue weighted by Crippen LogP contribution is 2.27. The second kappa shape index (κ2) is 4.89. The molecule has 0 atom stereocenters.